The van der Waals surface area contributed by atoms with Crippen LogP contribution in [0.2, 0.25) is 5.02 Å². The van der Waals surface area contributed by atoms with E-state index in [1.54, 1.807) is 0 Å². The van der Waals surface area contributed by atoms with Crippen molar-refractivity contribution in [2.45, 2.75) is 25.7 Å². The van der Waals surface area contributed by atoms with Gasteiger partial charge in [-0.05, 0) is 53.7 Å². The average molecular weight is 269 g/mol. The highest BCUT2D eigenvalue weighted by atomic mass is 35.5. The summed E-state index contributed by atoms with van der Waals surface area (Å²) in [5.74, 6) is 0.470. The van der Waals surface area contributed by atoms with Crippen LogP contribution >= 0.6 is 11.6 Å². The molecule has 96 valence electrons. The molecule has 0 unspecified atom stereocenters. The van der Waals surface area contributed by atoms with Gasteiger partial charge in [-0.25, -0.2) is 0 Å². The summed E-state index contributed by atoms with van der Waals surface area (Å²) >= 11 is 6.13. The van der Waals surface area contributed by atoms with Crippen LogP contribution in [0.3, 0.4) is 0 Å². The summed E-state index contributed by atoms with van der Waals surface area (Å²) in [5, 5.41) is 0.845. The molecule has 0 radical (unpaired) electrons. The zero-order valence-electron chi connectivity index (χ0n) is 11.1. The first kappa shape index (κ1) is 12.5. The lowest BCUT2D eigenvalue weighted by molar-refractivity contribution is 0.711. The lowest BCUT2D eigenvalue weighted by Crippen LogP contribution is -2.10. The molecule has 1 atom stereocenters. The van der Waals surface area contributed by atoms with E-state index in [1.165, 1.54) is 22.3 Å². The summed E-state index contributed by atoms with van der Waals surface area (Å²) in [6.07, 6.45) is 2.21. The van der Waals surface area contributed by atoms with Crippen molar-refractivity contribution in [3.8, 4) is 0 Å². The van der Waals surface area contributed by atoms with Crippen LogP contribution in [-0.2, 0) is 0 Å². The minimum Gasteiger partial charge on any atom is -0.0952 e. The van der Waals surface area contributed by atoms with Gasteiger partial charge in [0.05, 0.1) is 0 Å². The maximum absolute atomic E-state index is 6.13. The van der Waals surface area contributed by atoms with Crippen LogP contribution in [0.25, 0.3) is 5.57 Å². The highest BCUT2D eigenvalue weighted by molar-refractivity contribution is 6.31. The Labute approximate surface area is 119 Å². The van der Waals surface area contributed by atoms with Gasteiger partial charge in [-0.3, -0.25) is 0 Å². The molecule has 1 heteroatoms. The van der Waals surface area contributed by atoms with Gasteiger partial charge in [0.1, 0.15) is 0 Å². The second-order valence-corrected chi connectivity index (χ2v) is 5.70. The third-order valence-corrected chi connectivity index (χ3v) is 4.46. The van der Waals surface area contributed by atoms with E-state index in [0.717, 1.165) is 23.4 Å². The molecule has 0 spiro atoms. The number of fused-ring (bicyclic) bond motifs is 1. The normalized spacial score (nSPS) is 18.2. The molecule has 0 fully saturated rings. The van der Waals surface area contributed by atoms with Gasteiger partial charge < -0.3 is 0 Å². The van der Waals surface area contributed by atoms with Crippen molar-refractivity contribution < 1.29 is 0 Å². The van der Waals surface area contributed by atoms with E-state index in [9.17, 15) is 0 Å². The summed E-state index contributed by atoms with van der Waals surface area (Å²) in [6, 6.07) is 15.0. The molecule has 0 aliphatic heterocycles. The van der Waals surface area contributed by atoms with E-state index in [1.807, 2.05) is 6.07 Å². The molecule has 0 N–H and O–H groups in total. The third-order valence-electron chi connectivity index (χ3n) is 4.04. The van der Waals surface area contributed by atoms with Crippen LogP contribution in [0.4, 0.5) is 0 Å². The fourth-order valence-corrected chi connectivity index (χ4v) is 3.08. The van der Waals surface area contributed by atoms with Gasteiger partial charge in [0, 0.05) is 10.9 Å². The zero-order valence-corrected chi connectivity index (χ0v) is 11.9. The molecule has 2 aromatic carbocycles. The molecule has 0 aromatic heterocycles. The van der Waals surface area contributed by atoms with Crippen molar-refractivity contribution in [1.29, 1.82) is 0 Å². The standard InChI is InChI=1S/C18H17Cl/c1-12-7-9-16(17-6-4-3-5-15(12)17)14-8-10-18(19)13(2)11-14/h3-6,8,10-11,16H,1,7,9H2,2H3/t16-/m0/s1. The van der Waals surface area contributed by atoms with Crippen molar-refractivity contribution in [3.63, 3.8) is 0 Å². The van der Waals surface area contributed by atoms with Crippen LogP contribution in [0.15, 0.2) is 49.0 Å². The van der Waals surface area contributed by atoms with Crippen molar-refractivity contribution in [3.05, 3.63) is 76.3 Å². The third kappa shape index (κ3) is 2.21. The summed E-state index contributed by atoms with van der Waals surface area (Å²) in [5.41, 5.74) is 6.51. The number of rotatable bonds is 1. The largest absolute Gasteiger partial charge is 0.0952 e. The highest BCUT2D eigenvalue weighted by Crippen LogP contribution is 2.41. The van der Waals surface area contributed by atoms with Crippen LogP contribution in [0.5, 0.6) is 0 Å². The molecule has 1 aliphatic carbocycles. The fraction of sp³-hybridized carbons (Fsp3) is 0.222. The van der Waals surface area contributed by atoms with Gasteiger partial charge in [0.25, 0.3) is 0 Å². The molecule has 0 saturated carbocycles. The number of hydrogen-bond donors (Lipinski definition) is 0. The predicted molar refractivity (Wildman–Crippen MR) is 82.7 cm³/mol. The number of allylic oxidation sites excluding steroid dienone is 1. The Balaban J connectivity index is 2.09. The van der Waals surface area contributed by atoms with E-state index in [2.05, 4.69) is 49.9 Å². The molecular formula is C18H17Cl. The van der Waals surface area contributed by atoms with Gasteiger partial charge in [-0.1, -0.05) is 54.6 Å². The molecule has 0 nitrogen and oxygen atoms in total. The van der Waals surface area contributed by atoms with E-state index >= 15 is 0 Å². The van der Waals surface area contributed by atoms with E-state index in [0.29, 0.717) is 5.92 Å². The molecular weight excluding hydrogens is 252 g/mol. The first-order valence-corrected chi connectivity index (χ1v) is 7.08. The zero-order chi connectivity index (χ0) is 13.4. The topological polar surface area (TPSA) is 0 Å². The second-order valence-electron chi connectivity index (χ2n) is 5.29. The number of benzene rings is 2. The summed E-state index contributed by atoms with van der Waals surface area (Å²) in [6.45, 7) is 6.26. The number of halogens is 1. The Kier molecular flexibility index (Phi) is 3.20. The van der Waals surface area contributed by atoms with E-state index in [-0.39, 0.29) is 0 Å². The van der Waals surface area contributed by atoms with E-state index in [4.69, 9.17) is 11.6 Å². The lowest BCUT2D eigenvalue weighted by atomic mass is 9.77. The van der Waals surface area contributed by atoms with Crippen molar-refractivity contribution >= 4 is 17.2 Å². The minimum absolute atomic E-state index is 0.470. The monoisotopic (exact) mass is 268 g/mol. The quantitative estimate of drug-likeness (QED) is 0.633. The fourth-order valence-electron chi connectivity index (χ4n) is 2.96. The van der Waals surface area contributed by atoms with Crippen molar-refractivity contribution in [2.75, 3.05) is 0 Å². The number of hydrogen-bond acceptors (Lipinski definition) is 0. The van der Waals surface area contributed by atoms with Gasteiger partial charge in [-0.15, -0.1) is 0 Å². The van der Waals surface area contributed by atoms with E-state index < -0.39 is 0 Å². The predicted octanol–water partition coefficient (Wildman–Crippen LogP) is 5.59. The first-order valence-electron chi connectivity index (χ1n) is 6.70. The maximum Gasteiger partial charge on any atom is 0.0435 e. The average Bonchev–Trinajstić information content (AvgIpc) is 2.43. The lowest BCUT2D eigenvalue weighted by Gasteiger charge is -2.27. The van der Waals surface area contributed by atoms with Crippen LogP contribution < -0.4 is 0 Å². The van der Waals surface area contributed by atoms with Gasteiger partial charge in [-0.2, -0.15) is 0 Å². The Hall–Kier alpha value is -1.53. The Bertz CT molecular complexity index is 640. The minimum atomic E-state index is 0.470. The van der Waals surface area contributed by atoms with Crippen LogP contribution in [0, 0.1) is 6.92 Å². The number of aryl methyl sites for hydroxylation is 1. The van der Waals surface area contributed by atoms with Gasteiger partial charge in [0.15, 0.2) is 0 Å². The van der Waals surface area contributed by atoms with Crippen molar-refractivity contribution in [2.24, 2.45) is 0 Å². The first-order chi connectivity index (χ1) is 9.16. The van der Waals surface area contributed by atoms with Gasteiger partial charge >= 0.3 is 0 Å². The molecule has 0 heterocycles. The smallest absolute Gasteiger partial charge is 0.0435 e. The summed E-state index contributed by atoms with van der Waals surface area (Å²) < 4.78 is 0. The summed E-state index contributed by atoms with van der Waals surface area (Å²) in [4.78, 5) is 0. The molecule has 19 heavy (non-hydrogen) atoms. The Morgan fingerprint density at radius 1 is 1.16 bits per heavy atom. The molecule has 3 rings (SSSR count). The second kappa shape index (κ2) is 4.86. The Morgan fingerprint density at radius 3 is 2.74 bits per heavy atom. The molecule has 2 aromatic rings. The highest BCUT2D eigenvalue weighted by Gasteiger charge is 2.23. The van der Waals surface area contributed by atoms with Crippen LogP contribution in [0.1, 0.15) is 41.0 Å². The summed E-state index contributed by atoms with van der Waals surface area (Å²) in [7, 11) is 0. The van der Waals surface area contributed by atoms with Crippen LogP contribution in [-0.4, -0.2) is 0 Å². The molecule has 0 bridgehead atoms. The SMILES string of the molecule is C=C1CC[C@@H](c2ccc(Cl)c(C)c2)c2ccccc21. The maximum atomic E-state index is 6.13. The van der Waals surface area contributed by atoms with Gasteiger partial charge in [0.2, 0.25) is 0 Å². The molecule has 1 aliphatic rings. The van der Waals surface area contributed by atoms with Crippen molar-refractivity contribution in [1.82, 2.24) is 0 Å². The molecule has 0 amide bonds. The Morgan fingerprint density at radius 2 is 1.95 bits per heavy atom. The molecule has 0 saturated heterocycles.